The summed E-state index contributed by atoms with van der Waals surface area (Å²) >= 11 is 1.82. The molecule has 0 bridgehead atoms. The van der Waals surface area contributed by atoms with Crippen molar-refractivity contribution in [3.8, 4) is 11.8 Å². The quantitative estimate of drug-likeness (QED) is 0.833. The predicted molar refractivity (Wildman–Crippen MR) is 83.0 cm³/mol. The SMILES string of the molecule is CSC1(CNC(=O)c2cc(C)ccc2C#CCO)CC1. The van der Waals surface area contributed by atoms with Crippen molar-refractivity contribution in [2.75, 3.05) is 19.4 Å². The number of rotatable bonds is 4. The molecule has 2 N–H and O–H groups in total. The topological polar surface area (TPSA) is 49.3 Å². The Morgan fingerprint density at radius 3 is 2.85 bits per heavy atom. The van der Waals surface area contributed by atoms with E-state index in [0.717, 1.165) is 5.56 Å². The molecule has 106 valence electrons. The summed E-state index contributed by atoms with van der Waals surface area (Å²) in [4.78, 5) is 12.3. The minimum absolute atomic E-state index is 0.0868. The van der Waals surface area contributed by atoms with Crippen molar-refractivity contribution in [2.24, 2.45) is 0 Å². The van der Waals surface area contributed by atoms with E-state index in [0.29, 0.717) is 17.7 Å². The first-order chi connectivity index (χ1) is 9.60. The molecular weight excluding hydrogens is 270 g/mol. The van der Waals surface area contributed by atoms with E-state index in [1.807, 2.05) is 36.9 Å². The molecule has 0 aliphatic heterocycles. The Kier molecular flexibility index (Phi) is 4.74. The van der Waals surface area contributed by atoms with Gasteiger partial charge in [-0.1, -0.05) is 23.5 Å². The Balaban J connectivity index is 2.13. The van der Waals surface area contributed by atoms with Crippen molar-refractivity contribution in [3.63, 3.8) is 0 Å². The number of benzene rings is 1. The lowest BCUT2D eigenvalue weighted by Crippen LogP contribution is -2.32. The van der Waals surface area contributed by atoms with Crippen LogP contribution < -0.4 is 5.32 Å². The fourth-order valence-corrected chi connectivity index (χ4v) is 2.75. The number of hydrogen-bond donors (Lipinski definition) is 2. The molecule has 1 fully saturated rings. The van der Waals surface area contributed by atoms with Crippen molar-refractivity contribution < 1.29 is 9.90 Å². The molecule has 0 aromatic heterocycles. The number of carbonyl (C=O) groups is 1. The number of thioether (sulfide) groups is 1. The van der Waals surface area contributed by atoms with Gasteiger partial charge >= 0.3 is 0 Å². The van der Waals surface area contributed by atoms with Crippen LogP contribution in [0.5, 0.6) is 0 Å². The first-order valence-corrected chi connectivity index (χ1v) is 7.86. The summed E-state index contributed by atoms with van der Waals surface area (Å²) in [7, 11) is 0. The van der Waals surface area contributed by atoms with Gasteiger partial charge in [-0.05, 0) is 38.2 Å². The highest BCUT2D eigenvalue weighted by atomic mass is 32.2. The van der Waals surface area contributed by atoms with Gasteiger partial charge in [0.2, 0.25) is 0 Å². The van der Waals surface area contributed by atoms with Crippen LogP contribution in [0.15, 0.2) is 18.2 Å². The van der Waals surface area contributed by atoms with Gasteiger partial charge < -0.3 is 10.4 Å². The van der Waals surface area contributed by atoms with Crippen LogP contribution in [0.1, 0.15) is 34.3 Å². The maximum atomic E-state index is 12.3. The van der Waals surface area contributed by atoms with Gasteiger partial charge in [-0.3, -0.25) is 4.79 Å². The van der Waals surface area contributed by atoms with Crippen molar-refractivity contribution in [1.29, 1.82) is 0 Å². The van der Waals surface area contributed by atoms with Crippen LogP contribution in [0.3, 0.4) is 0 Å². The third-order valence-electron chi connectivity index (χ3n) is 3.53. The molecule has 0 unspecified atom stereocenters. The smallest absolute Gasteiger partial charge is 0.252 e. The van der Waals surface area contributed by atoms with Gasteiger partial charge in [-0.15, -0.1) is 0 Å². The van der Waals surface area contributed by atoms with Crippen molar-refractivity contribution in [3.05, 3.63) is 34.9 Å². The number of amides is 1. The van der Waals surface area contributed by atoms with E-state index in [4.69, 9.17) is 5.11 Å². The molecule has 1 aromatic carbocycles. The molecule has 2 rings (SSSR count). The minimum atomic E-state index is -0.204. The highest BCUT2D eigenvalue weighted by molar-refractivity contribution is 8.00. The maximum absolute atomic E-state index is 12.3. The van der Waals surface area contributed by atoms with Gasteiger partial charge in [-0.25, -0.2) is 0 Å². The maximum Gasteiger partial charge on any atom is 0.252 e. The van der Waals surface area contributed by atoms with Crippen molar-refractivity contribution in [2.45, 2.75) is 24.5 Å². The van der Waals surface area contributed by atoms with Gasteiger partial charge in [0.25, 0.3) is 5.91 Å². The van der Waals surface area contributed by atoms with Crippen LogP contribution in [0.25, 0.3) is 0 Å². The van der Waals surface area contributed by atoms with Crippen LogP contribution >= 0.6 is 11.8 Å². The van der Waals surface area contributed by atoms with E-state index in [9.17, 15) is 4.79 Å². The van der Waals surface area contributed by atoms with Crippen LogP contribution in [-0.2, 0) is 0 Å². The molecule has 1 saturated carbocycles. The van der Waals surface area contributed by atoms with E-state index in [2.05, 4.69) is 23.4 Å². The van der Waals surface area contributed by atoms with Crippen LogP contribution in [0.2, 0.25) is 0 Å². The molecule has 0 radical (unpaired) electrons. The number of aryl methyl sites for hydroxylation is 1. The van der Waals surface area contributed by atoms with E-state index >= 15 is 0 Å². The van der Waals surface area contributed by atoms with Crippen LogP contribution in [0, 0.1) is 18.8 Å². The minimum Gasteiger partial charge on any atom is -0.384 e. The summed E-state index contributed by atoms with van der Waals surface area (Å²) in [5, 5.41) is 11.8. The molecule has 4 heteroatoms. The van der Waals surface area contributed by atoms with E-state index in [1.54, 1.807) is 0 Å². The summed E-state index contributed by atoms with van der Waals surface area (Å²) in [6, 6.07) is 5.59. The standard InChI is InChI=1S/C16H19NO2S/c1-12-5-6-13(4-3-9-18)14(10-12)15(19)17-11-16(20-2)7-8-16/h5-6,10,18H,7-9,11H2,1-2H3,(H,17,19). The van der Waals surface area contributed by atoms with Crippen molar-refractivity contribution in [1.82, 2.24) is 5.32 Å². The Morgan fingerprint density at radius 2 is 2.25 bits per heavy atom. The fourth-order valence-electron chi connectivity index (χ4n) is 2.02. The lowest BCUT2D eigenvalue weighted by Gasteiger charge is -2.14. The molecule has 1 aliphatic rings. The van der Waals surface area contributed by atoms with Gasteiger partial charge in [0.1, 0.15) is 6.61 Å². The molecule has 0 heterocycles. The average molecular weight is 289 g/mol. The highest BCUT2D eigenvalue weighted by Gasteiger charge is 2.42. The summed E-state index contributed by atoms with van der Waals surface area (Å²) in [6.07, 6.45) is 4.42. The molecular formula is C16H19NO2S. The van der Waals surface area contributed by atoms with Gasteiger partial charge in [0, 0.05) is 16.9 Å². The Hall–Kier alpha value is -1.44. The number of aliphatic hydroxyl groups excluding tert-OH is 1. The average Bonchev–Trinajstić information content (AvgIpc) is 3.24. The number of aliphatic hydroxyl groups is 1. The van der Waals surface area contributed by atoms with Gasteiger partial charge in [-0.2, -0.15) is 11.8 Å². The molecule has 1 amide bonds. The number of nitrogens with one attached hydrogen (secondary N) is 1. The van der Waals surface area contributed by atoms with Crippen LogP contribution in [0.4, 0.5) is 0 Å². The summed E-state index contributed by atoms with van der Waals surface area (Å²) in [6.45, 7) is 2.45. The Bertz CT molecular complexity index is 568. The second kappa shape index (κ2) is 6.34. The Labute approximate surface area is 124 Å². The lowest BCUT2D eigenvalue weighted by atomic mass is 10.0. The monoisotopic (exact) mass is 289 g/mol. The van der Waals surface area contributed by atoms with Crippen LogP contribution in [-0.4, -0.2) is 35.2 Å². The molecule has 1 aliphatic carbocycles. The van der Waals surface area contributed by atoms with Crippen molar-refractivity contribution >= 4 is 17.7 Å². The molecule has 0 atom stereocenters. The second-order valence-corrected chi connectivity index (χ2v) is 6.35. The van der Waals surface area contributed by atoms with E-state index in [1.165, 1.54) is 12.8 Å². The first-order valence-electron chi connectivity index (χ1n) is 6.64. The lowest BCUT2D eigenvalue weighted by molar-refractivity contribution is 0.0952. The largest absolute Gasteiger partial charge is 0.384 e. The zero-order valence-corrected chi connectivity index (χ0v) is 12.6. The third-order valence-corrected chi connectivity index (χ3v) is 4.95. The summed E-state index contributed by atoms with van der Waals surface area (Å²) < 4.78 is 0.246. The zero-order chi connectivity index (χ0) is 14.6. The van der Waals surface area contributed by atoms with Gasteiger partial charge in [0.05, 0.1) is 5.56 Å². The molecule has 3 nitrogen and oxygen atoms in total. The normalized spacial score (nSPS) is 15.2. The fraction of sp³-hybridized carbons (Fsp3) is 0.438. The predicted octanol–water partition coefficient (Wildman–Crippen LogP) is 1.96. The zero-order valence-electron chi connectivity index (χ0n) is 11.8. The summed E-state index contributed by atoms with van der Waals surface area (Å²) in [5.74, 6) is 5.34. The Morgan fingerprint density at radius 1 is 1.50 bits per heavy atom. The summed E-state index contributed by atoms with van der Waals surface area (Å²) in [5.41, 5.74) is 2.27. The molecule has 0 spiro atoms. The number of hydrogen-bond acceptors (Lipinski definition) is 3. The van der Waals surface area contributed by atoms with E-state index < -0.39 is 0 Å². The van der Waals surface area contributed by atoms with E-state index in [-0.39, 0.29) is 17.3 Å². The molecule has 0 saturated heterocycles. The molecule has 20 heavy (non-hydrogen) atoms. The number of carbonyl (C=O) groups excluding carboxylic acids is 1. The van der Waals surface area contributed by atoms with Gasteiger partial charge in [0.15, 0.2) is 0 Å². The third kappa shape index (κ3) is 3.56. The second-order valence-electron chi connectivity index (χ2n) is 5.08. The highest BCUT2D eigenvalue weighted by Crippen LogP contribution is 2.46. The first kappa shape index (κ1) is 15.0. The molecule has 1 aromatic rings.